The van der Waals surface area contributed by atoms with E-state index < -0.39 is 11.8 Å². The number of aryl methyl sites for hydroxylation is 2. The van der Waals surface area contributed by atoms with Gasteiger partial charge in [-0.3, -0.25) is 20.4 Å². The molecule has 0 atom stereocenters. The Morgan fingerprint density at radius 2 is 1.84 bits per heavy atom. The fraction of sp³-hybridized carbons (Fsp3) is 0.176. The van der Waals surface area contributed by atoms with Crippen molar-refractivity contribution in [1.82, 2.24) is 25.8 Å². The van der Waals surface area contributed by atoms with Gasteiger partial charge in [-0.2, -0.15) is 0 Å². The van der Waals surface area contributed by atoms with Crippen LogP contribution in [-0.2, 0) is 6.54 Å². The van der Waals surface area contributed by atoms with Crippen LogP contribution in [0, 0.1) is 13.8 Å². The molecule has 0 aliphatic heterocycles. The number of furan rings is 1. The summed E-state index contributed by atoms with van der Waals surface area (Å²) in [4.78, 5) is 24.1. The number of amides is 2. The molecular weight excluding hydrogens is 322 g/mol. The van der Waals surface area contributed by atoms with E-state index in [-0.39, 0.29) is 5.69 Å². The lowest BCUT2D eigenvalue weighted by Crippen LogP contribution is -2.41. The third-order valence-electron chi connectivity index (χ3n) is 3.53. The summed E-state index contributed by atoms with van der Waals surface area (Å²) >= 11 is 0. The second-order valence-electron chi connectivity index (χ2n) is 5.52. The van der Waals surface area contributed by atoms with Crippen LogP contribution in [0.1, 0.15) is 37.9 Å². The lowest BCUT2D eigenvalue weighted by atomic mass is 10.2. The monoisotopic (exact) mass is 339 g/mol. The molecule has 0 aliphatic carbocycles. The van der Waals surface area contributed by atoms with Crippen LogP contribution in [0.4, 0.5) is 0 Å². The molecule has 8 heteroatoms. The van der Waals surface area contributed by atoms with E-state index in [2.05, 4.69) is 21.2 Å². The quantitative estimate of drug-likeness (QED) is 0.703. The number of nitrogens with zero attached hydrogens (tertiary/aromatic N) is 3. The highest BCUT2D eigenvalue weighted by molar-refractivity contribution is 5.98. The van der Waals surface area contributed by atoms with E-state index in [1.165, 1.54) is 6.20 Å². The first-order valence-corrected chi connectivity index (χ1v) is 7.64. The lowest BCUT2D eigenvalue weighted by Gasteiger charge is -2.04. The summed E-state index contributed by atoms with van der Waals surface area (Å²) in [6.07, 6.45) is 1.52. The molecule has 8 nitrogen and oxygen atoms in total. The van der Waals surface area contributed by atoms with Crippen LogP contribution in [0.3, 0.4) is 0 Å². The second-order valence-corrected chi connectivity index (χ2v) is 5.52. The van der Waals surface area contributed by atoms with E-state index in [0.717, 1.165) is 5.56 Å². The van der Waals surface area contributed by atoms with E-state index in [9.17, 15) is 9.59 Å². The highest BCUT2D eigenvalue weighted by atomic mass is 16.3. The van der Waals surface area contributed by atoms with Crippen molar-refractivity contribution in [2.24, 2.45) is 0 Å². The summed E-state index contributed by atoms with van der Waals surface area (Å²) in [5, 5.41) is 7.73. The molecule has 0 radical (unpaired) electrons. The number of carbonyl (C=O) groups excluding carboxylic acids is 2. The third-order valence-corrected chi connectivity index (χ3v) is 3.53. The minimum absolute atomic E-state index is 0.108. The van der Waals surface area contributed by atoms with E-state index in [0.29, 0.717) is 23.6 Å². The zero-order chi connectivity index (χ0) is 17.8. The number of hydrazine groups is 1. The fourth-order valence-corrected chi connectivity index (χ4v) is 2.35. The minimum atomic E-state index is -0.550. The summed E-state index contributed by atoms with van der Waals surface area (Å²) < 4.78 is 6.84. The molecule has 3 rings (SSSR count). The summed E-state index contributed by atoms with van der Waals surface area (Å²) in [6.45, 7) is 3.92. The van der Waals surface area contributed by atoms with Crippen LogP contribution in [0.25, 0.3) is 0 Å². The first-order valence-electron chi connectivity index (χ1n) is 7.64. The van der Waals surface area contributed by atoms with Crippen LogP contribution >= 0.6 is 0 Å². The number of hydrogen-bond acceptors (Lipinski definition) is 5. The lowest BCUT2D eigenvalue weighted by molar-refractivity contribution is 0.0843. The van der Waals surface area contributed by atoms with Crippen molar-refractivity contribution in [2.45, 2.75) is 20.4 Å². The molecule has 0 spiro atoms. The number of nitrogens with one attached hydrogen (secondary N) is 2. The SMILES string of the molecule is Cc1cc(C(=O)NNC(=O)c2cn(Cc3ccccc3)nn2)c(C)o1. The molecule has 0 unspecified atom stereocenters. The topological polar surface area (TPSA) is 102 Å². The molecule has 0 aliphatic rings. The average molecular weight is 339 g/mol. The Kier molecular flexibility index (Phi) is 4.60. The highest BCUT2D eigenvalue weighted by Crippen LogP contribution is 2.12. The number of rotatable bonds is 4. The van der Waals surface area contributed by atoms with Crippen molar-refractivity contribution in [2.75, 3.05) is 0 Å². The molecule has 0 bridgehead atoms. The molecule has 128 valence electrons. The minimum Gasteiger partial charge on any atom is -0.466 e. The molecule has 0 saturated heterocycles. The predicted octanol–water partition coefficient (Wildman–Crippen LogP) is 1.61. The van der Waals surface area contributed by atoms with Gasteiger partial charge in [0, 0.05) is 0 Å². The standard InChI is InChI=1S/C17H17N5O3/c1-11-8-14(12(2)25-11)16(23)19-20-17(24)15-10-22(21-18-15)9-13-6-4-3-5-7-13/h3-8,10H,9H2,1-2H3,(H,19,23)(H,20,24). The molecule has 3 aromatic rings. The maximum atomic E-state index is 12.1. The second kappa shape index (κ2) is 7.00. The number of aromatic nitrogens is 3. The molecule has 0 saturated carbocycles. The summed E-state index contributed by atoms with van der Waals surface area (Å²) in [6, 6.07) is 11.3. The Balaban J connectivity index is 1.58. The van der Waals surface area contributed by atoms with Gasteiger partial charge in [0.05, 0.1) is 18.3 Å². The molecule has 1 aromatic carbocycles. The number of benzene rings is 1. The number of carbonyl (C=O) groups is 2. The molecule has 2 N–H and O–H groups in total. The summed E-state index contributed by atoms with van der Waals surface area (Å²) in [5.41, 5.74) is 6.16. The molecule has 25 heavy (non-hydrogen) atoms. The van der Waals surface area contributed by atoms with Crippen molar-refractivity contribution in [3.05, 3.63) is 70.9 Å². The first-order chi connectivity index (χ1) is 12.0. The van der Waals surface area contributed by atoms with Gasteiger partial charge < -0.3 is 4.42 Å². The van der Waals surface area contributed by atoms with Gasteiger partial charge in [-0.1, -0.05) is 35.5 Å². The van der Waals surface area contributed by atoms with Crippen molar-refractivity contribution < 1.29 is 14.0 Å². The van der Waals surface area contributed by atoms with Crippen molar-refractivity contribution >= 4 is 11.8 Å². The van der Waals surface area contributed by atoms with E-state index in [1.54, 1.807) is 24.6 Å². The molecule has 2 heterocycles. The first kappa shape index (κ1) is 16.4. The summed E-state index contributed by atoms with van der Waals surface area (Å²) in [7, 11) is 0. The molecule has 2 amide bonds. The van der Waals surface area contributed by atoms with Gasteiger partial charge in [-0.05, 0) is 25.5 Å². The van der Waals surface area contributed by atoms with Crippen LogP contribution in [0.15, 0.2) is 47.0 Å². The average Bonchev–Trinajstić information content (AvgIpc) is 3.19. The van der Waals surface area contributed by atoms with Gasteiger partial charge in [0.25, 0.3) is 11.8 Å². The maximum absolute atomic E-state index is 12.1. The molecule has 2 aromatic heterocycles. The number of hydrogen-bond donors (Lipinski definition) is 2. The zero-order valence-corrected chi connectivity index (χ0v) is 13.8. The van der Waals surface area contributed by atoms with E-state index in [4.69, 9.17) is 4.42 Å². The Hall–Kier alpha value is -3.42. The van der Waals surface area contributed by atoms with Crippen LogP contribution in [0.2, 0.25) is 0 Å². The molecular formula is C17H17N5O3. The van der Waals surface area contributed by atoms with E-state index in [1.807, 2.05) is 30.3 Å². The fourth-order valence-electron chi connectivity index (χ4n) is 2.35. The van der Waals surface area contributed by atoms with Crippen LogP contribution < -0.4 is 10.9 Å². The van der Waals surface area contributed by atoms with Gasteiger partial charge in [0.2, 0.25) is 0 Å². The van der Waals surface area contributed by atoms with E-state index >= 15 is 0 Å². The van der Waals surface area contributed by atoms with Crippen molar-refractivity contribution in [3.8, 4) is 0 Å². The zero-order valence-electron chi connectivity index (χ0n) is 13.8. The Morgan fingerprint density at radius 1 is 1.12 bits per heavy atom. The normalized spacial score (nSPS) is 10.5. The smallest absolute Gasteiger partial charge is 0.291 e. The predicted molar refractivity (Wildman–Crippen MR) is 88.7 cm³/mol. The van der Waals surface area contributed by atoms with Gasteiger partial charge in [-0.15, -0.1) is 5.10 Å². The van der Waals surface area contributed by atoms with Crippen LogP contribution in [0.5, 0.6) is 0 Å². The highest BCUT2D eigenvalue weighted by Gasteiger charge is 2.16. The third kappa shape index (κ3) is 3.92. The Labute approximate surface area is 143 Å². The Morgan fingerprint density at radius 3 is 2.52 bits per heavy atom. The van der Waals surface area contributed by atoms with Gasteiger partial charge in [0.15, 0.2) is 5.69 Å². The molecule has 0 fully saturated rings. The van der Waals surface area contributed by atoms with Crippen LogP contribution in [-0.4, -0.2) is 26.8 Å². The summed E-state index contributed by atoms with van der Waals surface area (Å²) in [5.74, 6) is 0.0980. The maximum Gasteiger partial charge on any atom is 0.291 e. The van der Waals surface area contributed by atoms with Crippen molar-refractivity contribution in [3.63, 3.8) is 0 Å². The largest absolute Gasteiger partial charge is 0.466 e. The van der Waals surface area contributed by atoms with Gasteiger partial charge in [-0.25, -0.2) is 4.68 Å². The van der Waals surface area contributed by atoms with Crippen molar-refractivity contribution in [1.29, 1.82) is 0 Å². The van der Waals surface area contributed by atoms with Gasteiger partial charge in [0.1, 0.15) is 11.5 Å². The Bertz CT molecular complexity index is 898. The van der Waals surface area contributed by atoms with Gasteiger partial charge >= 0.3 is 0 Å².